The van der Waals surface area contributed by atoms with Crippen LogP contribution in [-0.4, -0.2) is 36.5 Å². The molecule has 0 unspecified atom stereocenters. The lowest BCUT2D eigenvalue weighted by atomic mass is 10.3. The first-order valence-corrected chi connectivity index (χ1v) is 8.93. The molecule has 0 saturated heterocycles. The van der Waals surface area contributed by atoms with Crippen LogP contribution in [0.5, 0.6) is 0 Å². The number of nitrogens with zero attached hydrogens (tertiary/aromatic N) is 2. The molecule has 134 valence electrons. The molecule has 0 aliphatic heterocycles. The number of thiazole rings is 1. The summed E-state index contributed by atoms with van der Waals surface area (Å²) in [5, 5.41) is 11.9. The van der Waals surface area contributed by atoms with Crippen molar-refractivity contribution in [2.45, 2.75) is 20.3 Å². The Bertz CT molecular complexity index is 731. The summed E-state index contributed by atoms with van der Waals surface area (Å²) in [6.45, 7) is 5.23. The van der Waals surface area contributed by atoms with E-state index >= 15 is 0 Å². The van der Waals surface area contributed by atoms with Crippen LogP contribution in [0, 0.1) is 12.7 Å². The third-order valence-corrected chi connectivity index (χ3v) is 4.00. The number of carbonyl (C=O) groups excluding carboxylic acids is 1. The van der Waals surface area contributed by atoms with Crippen LogP contribution in [0.15, 0.2) is 34.6 Å². The van der Waals surface area contributed by atoms with Gasteiger partial charge in [-0.25, -0.2) is 14.4 Å². The number of hydrogen-bond acceptors (Lipinski definition) is 4. The van der Waals surface area contributed by atoms with E-state index in [1.165, 1.54) is 12.1 Å². The number of aliphatic imine (C=N–C) groups is 1. The number of rotatable bonds is 7. The van der Waals surface area contributed by atoms with Crippen molar-refractivity contribution in [3.05, 3.63) is 46.2 Å². The van der Waals surface area contributed by atoms with Crippen molar-refractivity contribution in [2.24, 2.45) is 4.99 Å². The molecule has 2 rings (SSSR count). The zero-order chi connectivity index (χ0) is 18.1. The van der Waals surface area contributed by atoms with Gasteiger partial charge in [-0.2, -0.15) is 0 Å². The molecule has 0 spiro atoms. The van der Waals surface area contributed by atoms with Gasteiger partial charge in [0.05, 0.1) is 10.7 Å². The van der Waals surface area contributed by atoms with E-state index in [9.17, 15) is 9.18 Å². The Labute approximate surface area is 150 Å². The van der Waals surface area contributed by atoms with Crippen LogP contribution in [0.3, 0.4) is 0 Å². The summed E-state index contributed by atoms with van der Waals surface area (Å²) in [5.74, 6) is -0.143. The lowest BCUT2D eigenvalue weighted by Crippen LogP contribution is -2.39. The normalized spacial score (nSPS) is 11.2. The molecule has 1 amide bonds. The summed E-state index contributed by atoms with van der Waals surface area (Å²) >= 11 is 1.63. The van der Waals surface area contributed by atoms with Crippen LogP contribution < -0.4 is 16.0 Å². The van der Waals surface area contributed by atoms with Crippen LogP contribution in [0.1, 0.15) is 17.6 Å². The molecule has 0 saturated carbocycles. The summed E-state index contributed by atoms with van der Waals surface area (Å²) in [4.78, 5) is 20.6. The van der Waals surface area contributed by atoms with Gasteiger partial charge in [0, 0.05) is 30.6 Å². The monoisotopic (exact) mass is 363 g/mol. The van der Waals surface area contributed by atoms with Gasteiger partial charge in [-0.05, 0) is 32.0 Å². The molecule has 0 aliphatic rings. The minimum Gasteiger partial charge on any atom is -0.357 e. The average molecular weight is 363 g/mol. The Morgan fingerprint density at radius 2 is 2.20 bits per heavy atom. The standard InChI is InChI=1S/C17H22FN5OS/c1-3-19-17(20-8-7-15-11-25-12(2)22-15)21-10-16(24)23-14-6-4-5-13(18)9-14/h4-6,9,11H,3,7-8,10H2,1-2H3,(H,23,24)(H2,19,20,21). The van der Waals surface area contributed by atoms with E-state index in [2.05, 4.69) is 25.9 Å². The van der Waals surface area contributed by atoms with Gasteiger partial charge in [0.25, 0.3) is 0 Å². The molecule has 1 aromatic carbocycles. The number of halogens is 1. The van der Waals surface area contributed by atoms with Crippen LogP contribution in [0.4, 0.5) is 10.1 Å². The maximum absolute atomic E-state index is 13.1. The van der Waals surface area contributed by atoms with E-state index in [4.69, 9.17) is 0 Å². The molecule has 8 heteroatoms. The largest absolute Gasteiger partial charge is 0.357 e. The number of anilines is 1. The van der Waals surface area contributed by atoms with Gasteiger partial charge >= 0.3 is 0 Å². The molecule has 1 heterocycles. The van der Waals surface area contributed by atoms with Crippen LogP contribution in [0.25, 0.3) is 0 Å². The molecule has 6 nitrogen and oxygen atoms in total. The minimum atomic E-state index is -0.395. The van der Waals surface area contributed by atoms with E-state index in [1.54, 1.807) is 23.5 Å². The van der Waals surface area contributed by atoms with E-state index < -0.39 is 5.82 Å². The van der Waals surface area contributed by atoms with Gasteiger partial charge in [-0.15, -0.1) is 11.3 Å². The molecule has 0 atom stereocenters. The lowest BCUT2D eigenvalue weighted by Gasteiger charge is -2.10. The third kappa shape index (κ3) is 6.88. The second kappa shape index (κ2) is 9.73. The fraction of sp³-hybridized carbons (Fsp3) is 0.353. The first kappa shape index (κ1) is 18.9. The summed E-state index contributed by atoms with van der Waals surface area (Å²) in [6.07, 6.45) is 0.782. The number of benzene rings is 1. The molecule has 25 heavy (non-hydrogen) atoms. The van der Waals surface area contributed by atoms with Gasteiger partial charge in [-0.1, -0.05) is 6.07 Å². The maximum atomic E-state index is 13.1. The van der Waals surface area contributed by atoms with Crippen molar-refractivity contribution in [3.8, 4) is 0 Å². The van der Waals surface area contributed by atoms with Crippen molar-refractivity contribution in [1.29, 1.82) is 0 Å². The lowest BCUT2D eigenvalue weighted by molar-refractivity contribution is -0.114. The number of nitrogens with one attached hydrogen (secondary N) is 3. The minimum absolute atomic E-state index is 0.0539. The van der Waals surface area contributed by atoms with Gasteiger partial charge in [-0.3, -0.25) is 4.79 Å². The maximum Gasteiger partial charge on any atom is 0.246 e. The molecule has 1 aromatic heterocycles. The predicted molar refractivity (Wildman–Crippen MR) is 99.6 cm³/mol. The molecule has 0 fully saturated rings. The predicted octanol–water partition coefficient (Wildman–Crippen LogP) is 2.33. The van der Waals surface area contributed by atoms with Crippen LogP contribution >= 0.6 is 11.3 Å². The highest BCUT2D eigenvalue weighted by atomic mass is 32.1. The molecular weight excluding hydrogens is 341 g/mol. The van der Waals surface area contributed by atoms with Gasteiger partial charge in [0.15, 0.2) is 5.96 Å². The summed E-state index contributed by atoms with van der Waals surface area (Å²) in [7, 11) is 0. The van der Waals surface area contributed by atoms with Crippen molar-refractivity contribution in [1.82, 2.24) is 15.6 Å². The topological polar surface area (TPSA) is 78.4 Å². The number of aryl methyl sites for hydroxylation is 1. The van der Waals surface area contributed by atoms with Crippen LogP contribution in [0.2, 0.25) is 0 Å². The number of hydrogen-bond donors (Lipinski definition) is 3. The van der Waals surface area contributed by atoms with Crippen LogP contribution in [-0.2, 0) is 11.2 Å². The molecule has 3 N–H and O–H groups in total. The molecule has 0 bridgehead atoms. The Hall–Kier alpha value is -2.48. The van der Waals surface area contributed by atoms with E-state index in [-0.39, 0.29) is 12.5 Å². The molecular formula is C17H22FN5OS. The Balaban J connectivity index is 1.82. The van der Waals surface area contributed by atoms with Gasteiger partial charge in [0.1, 0.15) is 12.4 Å². The quantitative estimate of drug-likeness (QED) is 0.521. The first-order valence-electron chi connectivity index (χ1n) is 8.05. The molecule has 0 aliphatic carbocycles. The summed E-state index contributed by atoms with van der Waals surface area (Å²) in [5.41, 5.74) is 1.45. The number of amides is 1. The zero-order valence-corrected chi connectivity index (χ0v) is 15.1. The first-order chi connectivity index (χ1) is 12.1. The average Bonchev–Trinajstić information content (AvgIpc) is 2.98. The summed E-state index contributed by atoms with van der Waals surface area (Å²) < 4.78 is 13.1. The SMILES string of the molecule is CCNC(=NCC(=O)Nc1cccc(F)c1)NCCc1csc(C)n1. The van der Waals surface area contributed by atoms with Crippen molar-refractivity contribution >= 4 is 28.9 Å². The van der Waals surface area contributed by atoms with Crippen molar-refractivity contribution in [2.75, 3.05) is 25.0 Å². The second-order valence-electron chi connectivity index (χ2n) is 5.29. The molecule has 0 radical (unpaired) electrons. The highest BCUT2D eigenvalue weighted by Gasteiger charge is 2.04. The van der Waals surface area contributed by atoms with Gasteiger partial charge in [0.2, 0.25) is 5.91 Å². The van der Waals surface area contributed by atoms with Crippen molar-refractivity contribution < 1.29 is 9.18 Å². The van der Waals surface area contributed by atoms with E-state index in [0.717, 1.165) is 17.1 Å². The Morgan fingerprint density at radius 3 is 2.88 bits per heavy atom. The zero-order valence-electron chi connectivity index (χ0n) is 14.3. The second-order valence-corrected chi connectivity index (χ2v) is 6.35. The van der Waals surface area contributed by atoms with E-state index in [0.29, 0.717) is 24.7 Å². The fourth-order valence-electron chi connectivity index (χ4n) is 2.09. The highest BCUT2D eigenvalue weighted by molar-refractivity contribution is 7.09. The third-order valence-electron chi connectivity index (χ3n) is 3.17. The fourth-order valence-corrected chi connectivity index (χ4v) is 2.74. The summed E-state index contributed by atoms with van der Waals surface area (Å²) in [6, 6.07) is 5.76. The number of carbonyl (C=O) groups is 1. The smallest absolute Gasteiger partial charge is 0.246 e. The Kier molecular flexibility index (Phi) is 7.34. The van der Waals surface area contributed by atoms with Crippen molar-refractivity contribution in [3.63, 3.8) is 0 Å². The van der Waals surface area contributed by atoms with E-state index in [1.807, 2.05) is 19.2 Å². The van der Waals surface area contributed by atoms with Gasteiger partial charge < -0.3 is 16.0 Å². The number of guanidine groups is 1. The Morgan fingerprint density at radius 1 is 1.36 bits per heavy atom. The molecule has 2 aromatic rings. The number of aromatic nitrogens is 1. The highest BCUT2D eigenvalue weighted by Crippen LogP contribution is 2.09.